The van der Waals surface area contributed by atoms with Crippen LogP contribution in [0.15, 0.2) is 42.7 Å². The van der Waals surface area contributed by atoms with E-state index in [0.29, 0.717) is 12.5 Å². The van der Waals surface area contributed by atoms with Crippen molar-refractivity contribution in [1.29, 1.82) is 0 Å². The number of hydrogen-bond acceptors (Lipinski definition) is 8. The number of likely N-dealkylation sites (tertiary alicyclic amines) is 1. The summed E-state index contributed by atoms with van der Waals surface area (Å²) in [7, 11) is -0.927. The number of benzene rings is 1. The van der Waals surface area contributed by atoms with Gasteiger partial charge < -0.3 is 14.5 Å². The van der Waals surface area contributed by atoms with E-state index in [2.05, 4.69) is 19.9 Å². The molecule has 2 unspecified atom stereocenters. The number of fused-ring (bicyclic) bond motifs is 3. The molecule has 1 saturated heterocycles. The minimum Gasteiger partial charge on any atom is -0.497 e. The molecule has 4 aromatic rings. The fraction of sp³-hybridized carbons (Fsp3) is 0.500. The van der Waals surface area contributed by atoms with Gasteiger partial charge in [0.05, 0.1) is 31.1 Å². The normalized spacial score (nSPS) is 23.0. The zero-order chi connectivity index (χ0) is 27.6. The minimum absolute atomic E-state index is 0.127. The first kappa shape index (κ1) is 27.0. The first-order chi connectivity index (χ1) is 19.5. The highest BCUT2D eigenvalue weighted by molar-refractivity contribution is 7.73. The molecule has 40 heavy (non-hydrogen) atoms. The second kappa shape index (κ2) is 11.7. The summed E-state index contributed by atoms with van der Waals surface area (Å²) >= 11 is 0. The van der Waals surface area contributed by atoms with Crippen molar-refractivity contribution in [3.63, 3.8) is 0 Å². The third kappa shape index (κ3) is 5.51. The molecule has 10 heteroatoms. The summed E-state index contributed by atoms with van der Waals surface area (Å²) in [5.74, 6) is 3.06. The molecule has 2 fully saturated rings. The van der Waals surface area contributed by atoms with Gasteiger partial charge in [-0.1, -0.05) is 0 Å². The van der Waals surface area contributed by atoms with Gasteiger partial charge in [0.2, 0.25) is 0 Å². The Labute approximate surface area is 236 Å². The first-order valence-corrected chi connectivity index (χ1v) is 15.5. The Kier molecular flexibility index (Phi) is 7.89. The van der Waals surface area contributed by atoms with E-state index in [9.17, 15) is 8.42 Å². The molecule has 4 heterocycles. The number of piperidine rings is 1. The summed E-state index contributed by atoms with van der Waals surface area (Å²) in [6, 6.07) is 9.65. The predicted molar refractivity (Wildman–Crippen MR) is 156 cm³/mol. The average Bonchev–Trinajstić information content (AvgIpc) is 3.46. The van der Waals surface area contributed by atoms with Crippen molar-refractivity contribution in [1.82, 2.24) is 24.8 Å². The number of ether oxygens (including phenoxy) is 2. The monoisotopic (exact) mass is 563 g/mol. The van der Waals surface area contributed by atoms with Crippen LogP contribution in [0.1, 0.15) is 56.0 Å². The fourth-order valence-corrected chi connectivity index (χ4v) is 7.85. The van der Waals surface area contributed by atoms with Gasteiger partial charge in [0.1, 0.15) is 28.3 Å². The Bertz CT molecular complexity index is 1540. The van der Waals surface area contributed by atoms with Gasteiger partial charge in [0.15, 0.2) is 10.7 Å². The lowest BCUT2D eigenvalue weighted by molar-refractivity contribution is 0.0898. The quantitative estimate of drug-likeness (QED) is 0.294. The Hall–Kier alpha value is -3.24. The predicted octanol–water partition coefficient (Wildman–Crippen LogP) is 4.83. The largest absolute Gasteiger partial charge is 0.497 e. The number of H-pyrrole nitrogens is 1. The molecule has 0 bridgehead atoms. The Morgan fingerprint density at radius 2 is 1.82 bits per heavy atom. The Morgan fingerprint density at radius 1 is 1.05 bits per heavy atom. The van der Waals surface area contributed by atoms with Crippen molar-refractivity contribution in [3.8, 4) is 11.5 Å². The molecule has 9 nitrogen and oxygen atoms in total. The second-order valence-electron chi connectivity index (χ2n) is 11.2. The highest BCUT2D eigenvalue weighted by atomic mass is 32.2. The molecule has 212 valence electrons. The Morgan fingerprint density at radius 3 is 2.58 bits per heavy atom. The number of aryl methyl sites for hydroxylation is 1. The summed E-state index contributed by atoms with van der Waals surface area (Å²) in [6.07, 6.45) is 9.33. The number of nitrogens with one attached hydrogen (secondary N) is 1. The van der Waals surface area contributed by atoms with E-state index in [4.69, 9.17) is 14.5 Å². The molecular weight excluding hydrogens is 526 g/mol. The van der Waals surface area contributed by atoms with Crippen LogP contribution in [0, 0.1) is 18.8 Å². The van der Waals surface area contributed by atoms with Crippen molar-refractivity contribution in [2.24, 2.45) is 11.8 Å². The molecule has 0 radical (unpaired) electrons. The fourth-order valence-electron chi connectivity index (χ4n) is 6.73. The van der Waals surface area contributed by atoms with Crippen molar-refractivity contribution in [2.45, 2.75) is 56.7 Å². The lowest BCUT2D eigenvalue weighted by Gasteiger charge is -2.41. The van der Waals surface area contributed by atoms with Gasteiger partial charge in [-0.05, 0) is 88.2 Å². The standard InChI is InChI=1S/C30H37N5O4S/c1-19-33-26-16-32-29-25(13-14-31-29)27(26)28(34-19)21-5-7-22(8-6-21)30(40(36)37)35-15-3-4-20(17-35)18-39-24-11-9-23(38-2)10-12-24/h9-14,16,20-22,30,40H,3-8,15,17-18H2,1-2H3,(H,31,32). The van der Waals surface area contributed by atoms with Crippen LogP contribution in [-0.4, -0.2) is 65.4 Å². The zero-order valence-corrected chi connectivity index (χ0v) is 24.0. The number of methoxy groups -OCH3 is 1. The van der Waals surface area contributed by atoms with Crippen molar-refractivity contribution < 1.29 is 17.9 Å². The highest BCUT2D eigenvalue weighted by Crippen LogP contribution is 2.41. The number of hydrogen-bond donors (Lipinski definition) is 2. The van der Waals surface area contributed by atoms with E-state index in [1.54, 1.807) is 7.11 Å². The Balaban J connectivity index is 1.13. The van der Waals surface area contributed by atoms with Gasteiger partial charge in [-0.15, -0.1) is 0 Å². The van der Waals surface area contributed by atoms with Gasteiger partial charge in [-0.2, -0.15) is 0 Å². The van der Waals surface area contributed by atoms with E-state index in [1.165, 1.54) is 0 Å². The summed E-state index contributed by atoms with van der Waals surface area (Å²) in [5, 5.41) is 1.69. The van der Waals surface area contributed by atoms with E-state index in [0.717, 1.165) is 96.6 Å². The maximum Gasteiger partial charge on any atom is 0.156 e. The van der Waals surface area contributed by atoms with Crippen molar-refractivity contribution in [3.05, 3.63) is 54.2 Å². The van der Waals surface area contributed by atoms with Gasteiger partial charge in [0.25, 0.3) is 0 Å². The number of thiol groups is 1. The van der Waals surface area contributed by atoms with E-state index in [1.807, 2.05) is 49.6 Å². The lowest BCUT2D eigenvalue weighted by atomic mass is 9.78. The molecule has 6 rings (SSSR count). The number of pyridine rings is 1. The second-order valence-corrected chi connectivity index (χ2v) is 12.3. The minimum atomic E-state index is -2.57. The molecule has 1 N–H and O–H groups in total. The van der Waals surface area contributed by atoms with Crippen LogP contribution < -0.4 is 9.47 Å². The molecule has 1 aliphatic heterocycles. The van der Waals surface area contributed by atoms with E-state index < -0.39 is 16.1 Å². The molecular formula is C30H37N5O4S. The zero-order valence-electron chi connectivity index (χ0n) is 23.1. The molecule has 0 amide bonds. The van der Waals surface area contributed by atoms with Gasteiger partial charge in [-0.3, -0.25) is 4.90 Å². The third-order valence-electron chi connectivity index (χ3n) is 8.65. The summed E-state index contributed by atoms with van der Waals surface area (Å²) < 4.78 is 36.6. The summed E-state index contributed by atoms with van der Waals surface area (Å²) in [5.41, 5.74) is 2.78. The van der Waals surface area contributed by atoms with Gasteiger partial charge >= 0.3 is 0 Å². The molecule has 0 spiro atoms. The molecule has 1 saturated carbocycles. The van der Waals surface area contributed by atoms with E-state index >= 15 is 0 Å². The molecule has 3 aromatic heterocycles. The van der Waals surface area contributed by atoms with Crippen LogP contribution in [-0.2, 0) is 10.7 Å². The maximum atomic E-state index is 12.7. The number of aromatic amines is 1. The number of aromatic nitrogens is 4. The lowest BCUT2D eigenvalue weighted by Crippen LogP contribution is -2.48. The molecule has 1 aromatic carbocycles. The molecule has 2 aliphatic rings. The highest BCUT2D eigenvalue weighted by Gasteiger charge is 2.37. The topological polar surface area (TPSA) is 110 Å². The first-order valence-electron chi connectivity index (χ1n) is 14.2. The SMILES string of the molecule is COc1ccc(OCC2CCCN(C(C3CCC(c4nc(C)nc5cnc6[nH]ccc6c45)CC3)[SH](=O)=O)C2)cc1. The molecule has 1 aliphatic carbocycles. The average molecular weight is 564 g/mol. The molecule has 2 atom stereocenters. The van der Waals surface area contributed by atoms with Crippen molar-refractivity contribution in [2.75, 3.05) is 26.8 Å². The van der Waals surface area contributed by atoms with E-state index in [-0.39, 0.29) is 11.8 Å². The van der Waals surface area contributed by atoms with Crippen LogP contribution in [0.25, 0.3) is 21.9 Å². The van der Waals surface area contributed by atoms with Crippen LogP contribution in [0.2, 0.25) is 0 Å². The number of rotatable bonds is 8. The van der Waals surface area contributed by atoms with Gasteiger partial charge in [0, 0.05) is 35.3 Å². The number of nitrogens with zero attached hydrogens (tertiary/aromatic N) is 4. The summed E-state index contributed by atoms with van der Waals surface area (Å²) in [6.45, 7) is 4.08. The maximum absolute atomic E-state index is 12.7. The van der Waals surface area contributed by atoms with Gasteiger partial charge in [-0.25, -0.2) is 23.4 Å². The van der Waals surface area contributed by atoms with Crippen LogP contribution >= 0.6 is 0 Å². The van der Waals surface area contributed by atoms with Crippen LogP contribution in [0.5, 0.6) is 11.5 Å². The third-order valence-corrected chi connectivity index (χ3v) is 9.83. The smallest absolute Gasteiger partial charge is 0.156 e. The van der Waals surface area contributed by atoms with Crippen molar-refractivity contribution >= 4 is 32.6 Å². The summed E-state index contributed by atoms with van der Waals surface area (Å²) in [4.78, 5) is 19.5. The van der Waals surface area contributed by atoms with Crippen LogP contribution in [0.4, 0.5) is 0 Å². The van der Waals surface area contributed by atoms with Crippen LogP contribution in [0.3, 0.4) is 0 Å².